The van der Waals surface area contributed by atoms with Gasteiger partial charge in [0.2, 0.25) is 5.91 Å². The minimum absolute atomic E-state index is 0.0554. The first-order chi connectivity index (χ1) is 8.11. The van der Waals surface area contributed by atoms with E-state index in [9.17, 15) is 9.59 Å². The minimum Gasteiger partial charge on any atom is -0.481 e. The van der Waals surface area contributed by atoms with Crippen molar-refractivity contribution in [1.82, 2.24) is 20.1 Å². The van der Waals surface area contributed by atoms with Gasteiger partial charge in [0.25, 0.3) is 0 Å². The summed E-state index contributed by atoms with van der Waals surface area (Å²) in [5, 5.41) is 15.2. The fourth-order valence-corrected chi connectivity index (χ4v) is 1.52. The molecule has 7 nitrogen and oxygen atoms in total. The van der Waals surface area contributed by atoms with E-state index in [1.165, 1.54) is 17.3 Å². The lowest BCUT2D eigenvalue weighted by molar-refractivity contribution is -0.137. The second-order valence-electron chi connectivity index (χ2n) is 3.74. The van der Waals surface area contributed by atoms with Gasteiger partial charge in [0.05, 0.1) is 6.42 Å². The molecule has 0 saturated heterocycles. The van der Waals surface area contributed by atoms with Crippen LogP contribution in [0.4, 0.5) is 0 Å². The lowest BCUT2D eigenvalue weighted by Crippen LogP contribution is -2.38. The fourth-order valence-electron chi connectivity index (χ4n) is 1.52. The molecule has 1 heterocycles. The third-order valence-electron chi connectivity index (χ3n) is 2.20. The highest BCUT2D eigenvalue weighted by Gasteiger charge is 2.15. The first-order valence-corrected chi connectivity index (χ1v) is 5.45. The number of hydrogen-bond acceptors (Lipinski definition) is 4. The van der Waals surface area contributed by atoms with E-state index in [-0.39, 0.29) is 24.9 Å². The van der Waals surface area contributed by atoms with Gasteiger partial charge in [-0.1, -0.05) is 13.3 Å². The van der Waals surface area contributed by atoms with Crippen LogP contribution in [0.25, 0.3) is 0 Å². The number of rotatable bonds is 7. The van der Waals surface area contributed by atoms with Crippen molar-refractivity contribution in [3.8, 4) is 0 Å². The first-order valence-electron chi connectivity index (χ1n) is 5.45. The van der Waals surface area contributed by atoms with E-state index in [0.717, 1.165) is 6.42 Å². The predicted molar refractivity (Wildman–Crippen MR) is 59.1 cm³/mol. The highest BCUT2D eigenvalue weighted by atomic mass is 16.4. The Bertz CT molecular complexity index is 364. The standard InChI is InChI=1S/C10H16N4O3/c1-2-3-8(4-10(16)17)13-9(15)5-14-7-11-6-12-14/h6-8H,2-5H2,1H3,(H,13,15)(H,16,17). The van der Waals surface area contributed by atoms with Crippen LogP contribution in [0.5, 0.6) is 0 Å². The number of carboxylic acid groups (broad SMARTS) is 1. The summed E-state index contributed by atoms with van der Waals surface area (Å²) in [6.07, 6.45) is 4.19. The van der Waals surface area contributed by atoms with Gasteiger partial charge >= 0.3 is 5.97 Å². The van der Waals surface area contributed by atoms with Gasteiger partial charge in [-0.05, 0) is 6.42 Å². The second-order valence-corrected chi connectivity index (χ2v) is 3.74. The summed E-state index contributed by atoms with van der Waals surface area (Å²) >= 11 is 0. The number of aromatic nitrogens is 3. The highest BCUT2D eigenvalue weighted by molar-refractivity contribution is 5.77. The van der Waals surface area contributed by atoms with Crippen molar-refractivity contribution >= 4 is 11.9 Å². The number of hydrogen-bond donors (Lipinski definition) is 2. The van der Waals surface area contributed by atoms with Gasteiger partial charge in [-0.2, -0.15) is 5.10 Å². The van der Waals surface area contributed by atoms with E-state index in [4.69, 9.17) is 5.11 Å². The van der Waals surface area contributed by atoms with E-state index < -0.39 is 5.97 Å². The maximum absolute atomic E-state index is 11.6. The van der Waals surface area contributed by atoms with Crippen LogP contribution < -0.4 is 5.32 Å². The number of carbonyl (C=O) groups is 2. The number of carboxylic acids is 1. The average Bonchev–Trinajstić information content (AvgIpc) is 2.69. The monoisotopic (exact) mass is 240 g/mol. The van der Waals surface area contributed by atoms with E-state index in [0.29, 0.717) is 6.42 Å². The summed E-state index contributed by atoms with van der Waals surface area (Å²) in [4.78, 5) is 25.9. The fraction of sp³-hybridized carbons (Fsp3) is 0.600. The summed E-state index contributed by atoms with van der Waals surface area (Å²) in [6.45, 7) is 2.00. The van der Waals surface area contributed by atoms with Gasteiger partial charge in [0, 0.05) is 6.04 Å². The molecule has 1 unspecified atom stereocenters. The van der Waals surface area contributed by atoms with Crippen molar-refractivity contribution in [2.24, 2.45) is 0 Å². The van der Waals surface area contributed by atoms with Crippen LogP contribution in [0.2, 0.25) is 0 Å². The molecule has 0 aliphatic carbocycles. The van der Waals surface area contributed by atoms with Crippen molar-refractivity contribution < 1.29 is 14.7 Å². The quantitative estimate of drug-likeness (QED) is 0.701. The van der Waals surface area contributed by atoms with Gasteiger partial charge in [0.15, 0.2) is 0 Å². The molecule has 0 saturated carbocycles. The Morgan fingerprint density at radius 3 is 2.82 bits per heavy atom. The zero-order chi connectivity index (χ0) is 12.7. The largest absolute Gasteiger partial charge is 0.481 e. The van der Waals surface area contributed by atoms with Crippen molar-refractivity contribution in [1.29, 1.82) is 0 Å². The molecule has 94 valence electrons. The van der Waals surface area contributed by atoms with Crippen LogP contribution >= 0.6 is 0 Å². The van der Waals surface area contributed by atoms with Gasteiger partial charge in [-0.15, -0.1) is 0 Å². The number of carbonyl (C=O) groups excluding carboxylic acids is 1. The van der Waals surface area contributed by atoms with Crippen molar-refractivity contribution in [2.75, 3.05) is 0 Å². The number of nitrogens with zero attached hydrogens (tertiary/aromatic N) is 3. The van der Waals surface area contributed by atoms with Crippen LogP contribution in [0.3, 0.4) is 0 Å². The summed E-state index contributed by atoms with van der Waals surface area (Å²) < 4.78 is 1.39. The molecule has 1 aromatic heterocycles. The van der Waals surface area contributed by atoms with E-state index in [1.54, 1.807) is 0 Å². The van der Waals surface area contributed by atoms with E-state index in [2.05, 4.69) is 15.4 Å². The summed E-state index contributed by atoms with van der Waals surface area (Å²) in [7, 11) is 0. The Hall–Kier alpha value is -1.92. The Balaban J connectivity index is 2.43. The average molecular weight is 240 g/mol. The minimum atomic E-state index is -0.912. The molecule has 0 aromatic carbocycles. The van der Waals surface area contributed by atoms with Crippen molar-refractivity contribution in [3.05, 3.63) is 12.7 Å². The normalized spacial score (nSPS) is 12.1. The molecule has 17 heavy (non-hydrogen) atoms. The Kier molecular flexibility index (Phi) is 5.12. The lowest BCUT2D eigenvalue weighted by atomic mass is 10.1. The third kappa shape index (κ3) is 5.10. The van der Waals surface area contributed by atoms with Crippen molar-refractivity contribution in [2.45, 2.75) is 38.8 Å². The van der Waals surface area contributed by atoms with Crippen LogP contribution in [-0.4, -0.2) is 37.8 Å². The molecule has 1 amide bonds. The number of amides is 1. The smallest absolute Gasteiger partial charge is 0.305 e. The number of aliphatic carboxylic acids is 1. The molecule has 0 radical (unpaired) electrons. The van der Waals surface area contributed by atoms with Gasteiger partial charge in [-0.3, -0.25) is 9.59 Å². The topological polar surface area (TPSA) is 97.1 Å². The molecular formula is C10H16N4O3. The molecule has 7 heteroatoms. The van der Waals surface area contributed by atoms with Gasteiger partial charge in [-0.25, -0.2) is 9.67 Å². The van der Waals surface area contributed by atoms with E-state index >= 15 is 0 Å². The Labute approximate surface area is 98.8 Å². The Morgan fingerprint density at radius 2 is 2.29 bits per heavy atom. The lowest BCUT2D eigenvalue weighted by Gasteiger charge is -2.15. The van der Waals surface area contributed by atoms with Gasteiger partial charge < -0.3 is 10.4 Å². The molecule has 0 aliphatic rings. The molecule has 2 N–H and O–H groups in total. The van der Waals surface area contributed by atoms with Crippen LogP contribution in [0.15, 0.2) is 12.7 Å². The first kappa shape index (κ1) is 13.1. The molecule has 1 aromatic rings. The van der Waals surface area contributed by atoms with Crippen molar-refractivity contribution in [3.63, 3.8) is 0 Å². The molecule has 1 atom stereocenters. The summed E-state index contributed by atoms with van der Waals surface area (Å²) in [6, 6.07) is -0.325. The van der Waals surface area contributed by atoms with Crippen LogP contribution in [0.1, 0.15) is 26.2 Å². The highest BCUT2D eigenvalue weighted by Crippen LogP contribution is 2.02. The SMILES string of the molecule is CCCC(CC(=O)O)NC(=O)Cn1cncn1. The zero-order valence-electron chi connectivity index (χ0n) is 9.67. The molecule has 0 spiro atoms. The zero-order valence-corrected chi connectivity index (χ0v) is 9.67. The van der Waals surface area contributed by atoms with Gasteiger partial charge in [0.1, 0.15) is 19.2 Å². The molecule has 0 bridgehead atoms. The summed E-state index contributed by atoms with van der Waals surface area (Å²) in [5.74, 6) is -1.17. The molecule has 0 fully saturated rings. The van der Waals surface area contributed by atoms with E-state index in [1.807, 2.05) is 6.92 Å². The Morgan fingerprint density at radius 1 is 1.53 bits per heavy atom. The maximum Gasteiger partial charge on any atom is 0.305 e. The van der Waals surface area contributed by atoms with Crippen LogP contribution in [0, 0.1) is 0 Å². The second kappa shape index (κ2) is 6.62. The summed E-state index contributed by atoms with van der Waals surface area (Å²) in [5.41, 5.74) is 0. The predicted octanol–water partition coefficient (Wildman–Crippen LogP) is 0.0377. The third-order valence-corrected chi connectivity index (χ3v) is 2.20. The molecule has 0 aliphatic heterocycles. The van der Waals surface area contributed by atoms with Crippen LogP contribution in [-0.2, 0) is 16.1 Å². The maximum atomic E-state index is 11.6. The molecular weight excluding hydrogens is 224 g/mol. The molecule has 1 rings (SSSR count). The number of nitrogens with one attached hydrogen (secondary N) is 1.